The summed E-state index contributed by atoms with van der Waals surface area (Å²) in [5, 5.41) is 0. The van der Waals surface area contributed by atoms with Gasteiger partial charge in [0.15, 0.2) is 11.6 Å². The summed E-state index contributed by atoms with van der Waals surface area (Å²) in [7, 11) is 0. The Hall–Kier alpha value is -2.74. The highest BCUT2D eigenvalue weighted by Gasteiger charge is 2.23. The largest absolute Gasteiger partial charge is 0.289 e. The van der Waals surface area contributed by atoms with Crippen LogP contribution in [0, 0.1) is 0 Å². The SMILES string of the molecule is CC(C)=CCCC(C)=CCCC(C)=CCCC(C)=CCC1=CC(=O)c2ccccc2C1=O. The number of allylic oxidation sites excluding steroid dienone is 10. The van der Waals surface area contributed by atoms with Crippen molar-refractivity contribution in [3.63, 3.8) is 0 Å². The summed E-state index contributed by atoms with van der Waals surface area (Å²) in [5.41, 5.74) is 7.18. The van der Waals surface area contributed by atoms with Crippen LogP contribution in [0.2, 0.25) is 0 Å². The van der Waals surface area contributed by atoms with Gasteiger partial charge >= 0.3 is 0 Å². The third kappa shape index (κ3) is 8.42. The van der Waals surface area contributed by atoms with Crippen LogP contribution in [0.3, 0.4) is 0 Å². The zero-order valence-electron chi connectivity index (χ0n) is 20.5. The molecule has 1 aromatic carbocycles. The fourth-order valence-electron chi connectivity index (χ4n) is 3.79. The highest BCUT2D eigenvalue weighted by Crippen LogP contribution is 2.24. The number of Topliss-reactive ketones (excluding diaryl/α,β-unsaturated/α-hetero) is 1. The predicted molar refractivity (Wildman–Crippen MR) is 136 cm³/mol. The standard InChI is InChI=1S/C30H38O2/c1-22(2)11-8-12-23(3)13-9-14-24(4)15-10-16-25(5)19-20-26-21-29(31)27-17-6-7-18-28(27)30(26)32/h6-7,11,13,15,17-19,21H,8-10,12,14,16,20H2,1-5H3. The van der Waals surface area contributed by atoms with Gasteiger partial charge in [-0.05, 0) is 85.6 Å². The fourth-order valence-corrected chi connectivity index (χ4v) is 3.79. The molecule has 0 radical (unpaired) electrons. The molecule has 0 atom stereocenters. The molecule has 1 aliphatic rings. The van der Waals surface area contributed by atoms with Crippen molar-refractivity contribution >= 4 is 11.6 Å². The van der Waals surface area contributed by atoms with Crippen molar-refractivity contribution in [3.05, 3.63) is 93.6 Å². The first kappa shape index (κ1) is 25.5. The van der Waals surface area contributed by atoms with Crippen LogP contribution in [-0.4, -0.2) is 11.6 Å². The van der Waals surface area contributed by atoms with Crippen LogP contribution in [0.15, 0.2) is 82.5 Å². The molecule has 0 amide bonds. The van der Waals surface area contributed by atoms with Gasteiger partial charge in [-0.1, -0.05) is 70.9 Å². The molecule has 0 unspecified atom stereocenters. The van der Waals surface area contributed by atoms with Crippen LogP contribution in [0.1, 0.15) is 100 Å². The summed E-state index contributed by atoms with van der Waals surface area (Å²) in [5.74, 6) is -0.0924. The van der Waals surface area contributed by atoms with Crippen molar-refractivity contribution in [3.8, 4) is 0 Å². The first-order valence-corrected chi connectivity index (χ1v) is 11.8. The lowest BCUT2D eigenvalue weighted by atomic mass is 9.88. The van der Waals surface area contributed by atoms with E-state index in [1.54, 1.807) is 18.2 Å². The molecule has 0 fully saturated rings. The van der Waals surface area contributed by atoms with Crippen molar-refractivity contribution in [2.45, 2.75) is 79.6 Å². The summed E-state index contributed by atoms with van der Waals surface area (Å²) < 4.78 is 0. The molecule has 0 aromatic heterocycles. The van der Waals surface area contributed by atoms with E-state index in [9.17, 15) is 9.59 Å². The van der Waals surface area contributed by atoms with Crippen molar-refractivity contribution < 1.29 is 9.59 Å². The maximum Gasteiger partial charge on any atom is 0.190 e. The maximum atomic E-state index is 12.6. The number of fused-ring (bicyclic) bond motifs is 1. The molecule has 0 saturated heterocycles. The van der Waals surface area contributed by atoms with Crippen molar-refractivity contribution in [2.24, 2.45) is 0 Å². The van der Waals surface area contributed by atoms with Crippen LogP contribution >= 0.6 is 0 Å². The van der Waals surface area contributed by atoms with E-state index in [-0.39, 0.29) is 11.6 Å². The first-order valence-electron chi connectivity index (χ1n) is 11.8. The molecule has 0 heterocycles. The Morgan fingerprint density at radius 1 is 0.688 bits per heavy atom. The topological polar surface area (TPSA) is 34.1 Å². The van der Waals surface area contributed by atoms with Crippen LogP contribution in [-0.2, 0) is 0 Å². The molecule has 1 aliphatic carbocycles. The number of benzene rings is 1. The Morgan fingerprint density at radius 3 is 1.75 bits per heavy atom. The Morgan fingerprint density at radius 2 is 1.19 bits per heavy atom. The Kier molecular flexibility index (Phi) is 10.3. The summed E-state index contributed by atoms with van der Waals surface area (Å²) >= 11 is 0. The lowest BCUT2D eigenvalue weighted by molar-refractivity contribution is 0.0983. The van der Waals surface area contributed by atoms with Gasteiger partial charge in [-0.3, -0.25) is 9.59 Å². The van der Waals surface area contributed by atoms with E-state index in [4.69, 9.17) is 0 Å². The highest BCUT2D eigenvalue weighted by atomic mass is 16.1. The van der Waals surface area contributed by atoms with E-state index in [0.717, 1.165) is 38.5 Å². The molecule has 0 spiro atoms. The van der Waals surface area contributed by atoms with Gasteiger partial charge in [0.2, 0.25) is 0 Å². The van der Waals surface area contributed by atoms with Crippen LogP contribution in [0.4, 0.5) is 0 Å². The van der Waals surface area contributed by atoms with Gasteiger partial charge in [0.25, 0.3) is 0 Å². The molecule has 2 nitrogen and oxygen atoms in total. The molecule has 0 N–H and O–H groups in total. The quantitative estimate of drug-likeness (QED) is 0.330. The smallest absolute Gasteiger partial charge is 0.190 e. The van der Waals surface area contributed by atoms with Gasteiger partial charge in [0, 0.05) is 16.7 Å². The zero-order chi connectivity index (χ0) is 23.5. The third-order valence-electron chi connectivity index (χ3n) is 5.86. The van der Waals surface area contributed by atoms with E-state index >= 15 is 0 Å². The molecular formula is C30H38O2. The fraction of sp³-hybridized carbons (Fsp3) is 0.400. The second kappa shape index (κ2) is 13.0. The minimum Gasteiger partial charge on any atom is -0.289 e. The number of carbonyl (C=O) groups is 2. The third-order valence-corrected chi connectivity index (χ3v) is 5.86. The minimum atomic E-state index is -0.0685. The molecule has 2 rings (SSSR count). The maximum absolute atomic E-state index is 12.6. The normalized spacial score (nSPS) is 14.9. The van der Waals surface area contributed by atoms with E-state index in [1.807, 2.05) is 6.07 Å². The first-order chi connectivity index (χ1) is 15.3. The van der Waals surface area contributed by atoms with Crippen molar-refractivity contribution in [1.82, 2.24) is 0 Å². The highest BCUT2D eigenvalue weighted by molar-refractivity contribution is 6.24. The minimum absolute atomic E-state index is 0.0239. The second-order valence-corrected chi connectivity index (χ2v) is 9.16. The van der Waals surface area contributed by atoms with Gasteiger partial charge < -0.3 is 0 Å². The summed E-state index contributed by atoms with van der Waals surface area (Å²) in [6, 6.07) is 7.07. The van der Waals surface area contributed by atoms with Crippen LogP contribution in [0.5, 0.6) is 0 Å². The molecule has 0 aliphatic heterocycles. The number of hydrogen-bond acceptors (Lipinski definition) is 2. The Labute approximate surface area is 194 Å². The lowest BCUT2D eigenvalue weighted by Gasteiger charge is -2.14. The monoisotopic (exact) mass is 430 g/mol. The molecular weight excluding hydrogens is 392 g/mol. The van der Waals surface area contributed by atoms with Crippen molar-refractivity contribution in [1.29, 1.82) is 0 Å². The van der Waals surface area contributed by atoms with Gasteiger partial charge in [0.1, 0.15) is 0 Å². The van der Waals surface area contributed by atoms with E-state index in [0.29, 0.717) is 23.1 Å². The number of hydrogen-bond donors (Lipinski definition) is 0. The Balaban J connectivity index is 1.77. The zero-order valence-corrected chi connectivity index (χ0v) is 20.5. The number of rotatable bonds is 11. The summed E-state index contributed by atoms with van der Waals surface area (Å²) in [6.45, 7) is 10.8. The van der Waals surface area contributed by atoms with E-state index in [1.165, 1.54) is 28.4 Å². The van der Waals surface area contributed by atoms with Gasteiger partial charge in [-0.25, -0.2) is 0 Å². The predicted octanol–water partition coefficient (Wildman–Crippen LogP) is 8.53. The van der Waals surface area contributed by atoms with Gasteiger partial charge in [-0.2, -0.15) is 0 Å². The Bertz CT molecular complexity index is 976. The van der Waals surface area contributed by atoms with Gasteiger partial charge in [0.05, 0.1) is 0 Å². The summed E-state index contributed by atoms with van der Waals surface area (Å²) in [4.78, 5) is 24.9. The van der Waals surface area contributed by atoms with Crippen LogP contribution < -0.4 is 0 Å². The molecule has 2 heteroatoms. The lowest BCUT2D eigenvalue weighted by Crippen LogP contribution is -2.16. The molecule has 1 aromatic rings. The molecule has 32 heavy (non-hydrogen) atoms. The average Bonchev–Trinajstić information content (AvgIpc) is 2.75. The molecule has 170 valence electrons. The summed E-state index contributed by atoms with van der Waals surface area (Å²) in [6.07, 6.45) is 17.6. The van der Waals surface area contributed by atoms with Crippen LogP contribution in [0.25, 0.3) is 0 Å². The van der Waals surface area contributed by atoms with E-state index < -0.39 is 0 Å². The number of ketones is 2. The average molecular weight is 431 g/mol. The molecule has 0 saturated carbocycles. The van der Waals surface area contributed by atoms with E-state index in [2.05, 4.69) is 58.9 Å². The van der Waals surface area contributed by atoms with Crippen molar-refractivity contribution in [2.75, 3.05) is 0 Å². The molecule has 0 bridgehead atoms. The van der Waals surface area contributed by atoms with Gasteiger partial charge in [-0.15, -0.1) is 0 Å². The second-order valence-electron chi connectivity index (χ2n) is 9.16. The number of carbonyl (C=O) groups excluding carboxylic acids is 2.